The summed E-state index contributed by atoms with van der Waals surface area (Å²) in [5.41, 5.74) is 0. The second-order valence-electron chi connectivity index (χ2n) is 1.46. The van der Waals surface area contributed by atoms with Gasteiger partial charge in [0.25, 0.3) is 0 Å². The van der Waals surface area contributed by atoms with Gasteiger partial charge in [0.05, 0.1) is 6.42 Å². The fraction of sp³-hybridized carbons (Fsp3) is 0.286. The van der Waals surface area contributed by atoms with Crippen molar-refractivity contribution in [3.8, 4) is 0 Å². The highest BCUT2D eigenvalue weighted by Crippen LogP contribution is 1.85. The molecular formula is C7H10O2. The molecule has 0 aliphatic rings. The third-order valence-corrected chi connectivity index (χ3v) is 0.673. The monoisotopic (exact) mass is 126 g/mol. The second-order valence-corrected chi connectivity index (χ2v) is 1.46. The van der Waals surface area contributed by atoms with Crippen LogP contribution < -0.4 is 0 Å². The molecule has 2 heteroatoms. The van der Waals surface area contributed by atoms with Gasteiger partial charge < -0.3 is 4.74 Å². The minimum Gasteiger partial charge on any atom is -0.461 e. The Morgan fingerprint density at radius 2 is 2.11 bits per heavy atom. The van der Waals surface area contributed by atoms with E-state index in [0.717, 1.165) is 0 Å². The van der Waals surface area contributed by atoms with Crippen molar-refractivity contribution in [2.24, 2.45) is 0 Å². The molecule has 0 atom stereocenters. The Labute approximate surface area is 54.8 Å². The Hall–Kier alpha value is -1.05. The van der Waals surface area contributed by atoms with E-state index in [1.807, 2.05) is 0 Å². The first kappa shape index (κ1) is 7.95. The topological polar surface area (TPSA) is 26.3 Å². The molecule has 0 saturated carbocycles. The van der Waals surface area contributed by atoms with Crippen LogP contribution in [0.25, 0.3) is 0 Å². The van der Waals surface area contributed by atoms with E-state index in [1.54, 1.807) is 0 Å². The van der Waals surface area contributed by atoms with E-state index >= 15 is 0 Å². The van der Waals surface area contributed by atoms with E-state index in [4.69, 9.17) is 0 Å². The molecule has 0 radical (unpaired) electrons. The van der Waals surface area contributed by atoms with Crippen LogP contribution in [0.1, 0.15) is 6.42 Å². The molecule has 0 aromatic heterocycles. The molecule has 0 aromatic rings. The van der Waals surface area contributed by atoms with Gasteiger partial charge in [-0.2, -0.15) is 0 Å². The summed E-state index contributed by atoms with van der Waals surface area (Å²) in [5, 5.41) is 0. The highest BCUT2D eigenvalue weighted by atomic mass is 16.5. The lowest BCUT2D eigenvalue weighted by Crippen LogP contribution is -2.01. The SMILES string of the molecule is C=CCOC(=O)CC=C. The molecule has 0 amide bonds. The maximum absolute atomic E-state index is 10.5. The summed E-state index contributed by atoms with van der Waals surface area (Å²) >= 11 is 0. The summed E-state index contributed by atoms with van der Waals surface area (Å²) in [6, 6.07) is 0. The minimum atomic E-state index is -0.259. The molecule has 0 heterocycles. The highest BCUT2D eigenvalue weighted by molar-refractivity contribution is 5.71. The van der Waals surface area contributed by atoms with Gasteiger partial charge in [-0.1, -0.05) is 18.7 Å². The van der Waals surface area contributed by atoms with Gasteiger partial charge in [0.15, 0.2) is 0 Å². The van der Waals surface area contributed by atoms with Crippen LogP contribution in [0.3, 0.4) is 0 Å². The van der Waals surface area contributed by atoms with Crippen molar-refractivity contribution in [1.29, 1.82) is 0 Å². The molecule has 50 valence electrons. The van der Waals surface area contributed by atoms with Crippen molar-refractivity contribution in [2.45, 2.75) is 6.42 Å². The Kier molecular flexibility index (Phi) is 4.50. The van der Waals surface area contributed by atoms with Gasteiger partial charge >= 0.3 is 5.97 Å². The average molecular weight is 126 g/mol. The van der Waals surface area contributed by atoms with E-state index in [2.05, 4.69) is 17.9 Å². The second kappa shape index (κ2) is 5.09. The number of hydrogen-bond donors (Lipinski definition) is 0. The van der Waals surface area contributed by atoms with E-state index in [9.17, 15) is 4.79 Å². The maximum Gasteiger partial charge on any atom is 0.309 e. The van der Waals surface area contributed by atoms with Crippen LogP contribution in [0, 0.1) is 0 Å². The summed E-state index contributed by atoms with van der Waals surface area (Å²) in [7, 11) is 0. The Balaban J connectivity index is 3.26. The first-order valence-corrected chi connectivity index (χ1v) is 2.68. The van der Waals surface area contributed by atoms with Crippen LogP contribution in [0.15, 0.2) is 25.3 Å². The lowest BCUT2D eigenvalue weighted by Gasteiger charge is -1.95. The molecule has 0 N–H and O–H groups in total. The van der Waals surface area contributed by atoms with Gasteiger partial charge in [-0.05, 0) is 0 Å². The molecule has 0 aromatic carbocycles. The smallest absolute Gasteiger partial charge is 0.309 e. The third kappa shape index (κ3) is 4.81. The van der Waals surface area contributed by atoms with E-state index in [1.165, 1.54) is 12.2 Å². The molecule has 0 spiro atoms. The van der Waals surface area contributed by atoms with Crippen LogP contribution >= 0.6 is 0 Å². The van der Waals surface area contributed by atoms with Crippen LogP contribution in [-0.2, 0) is 9.53 Å². The lowest BCUT2D eigenvalue weighted by atomic mass is 10.4. The third-order valence-electron chi connectivity index (χ3n) is 0.673. The molecule has 0 fully saturated rings. The van der Waals surface area contributed by atoms with Gasteiger partial charge in [-0.3, -0.25) is 4.79 Å². The van der Waals surface area contributed by atoms with Gasteiger partial charge in [0.2, 0.25) is 0 Å². The normalized spacial score (nSPS) is 8.00. The molecule has 0 unspecified atom stereocenters. The van der Waals surface area contributed by atoms with Crippen LogP contribution in [-0.4, -0.2) is 12.6 Å². The summed E-state index contributed by atoms with van der Waals surface area (Å²) in [6.45, 7) is 7.06. The highest BCUT2D eigenvalue weighted by Gasteiger charge is 1.94. The molecule has 0 rings (SSSR count). The number of esters is 1. The van der Waals surface area contributed by atoms with Gasteiger partial charge in [0, 0.05) is 0 Å². The molecule has 0 saturated heterocycles. The number of hydrogen-bond acceptors (Lipinski definition) is 2. The fourth-order valence-electron chi connectivity index (χ4n) is 0.329. The number of carbonyl (C=O) groups is 1. The Morgan fingerprint density at radius 1 is 1.44 bits per heavy atom. The molecule has 0 bridgehead atoms. The average Bonchev–Trinajstić information content (AvgIpc) is 1.85. The summed E-state index contributed by atoms with van der Waals surface area (Å²) in [6.07, 6.45) is 3.31. The predicted octanol–water partition coefficient (Wildman–Crippen LogP) is 1.29. The number of rotatable bonds is 4. The Bertz CT molecular complexity index is 116. The van der Waals surface area contributed by atoms with Crippen molar-refractivity contribution in [2.75, 3.05) is 6.61 Å². The lowest BCUT2D eigenvalue weighted by molar-refractivity contribution is -0.141. The molecule has 0 aliphatic carbocycles. The number of carbonyl (C=O) groups excluding carboxylic acids is 1. The summed E-state index contributed by atoms with van der Waals surface area (Å²) in [5.74, 6) is -0.259. The zero-order chi connectivity index (χ0) is 7.11. The minimum absolute atomic E-state index is 0.259. The van der Waals surface area contributed by atoms with Crippen molar-refractivity contribution in [1.82, 2.24) is 0 Å². The first-order chi connectivity index (χ1) is 4.31. The van der Waals surface area contributed by atoms with Crippen molar-refractivity contribution in [3.63, 3.8) is 0 Å². The Morgan fingerprint density at radius 3 is 2.56 bits per heavy atom. The standard InChI is InChI=1S/C7H10O2/c1-3-5-7(8)9-6-4-2/h3-4H,1-2,5-6H2. The van der Waals surface area contributed by atoms with E-state index < -0.39 is 0 Å². The molecular weight excluding hydrogens is 116 g/mol. The fourth-order valence-corrected chi connectivity index (χ4v) is 0.329. The van der Waals surface area contributed by atoms with Crippen molar-refractivity contribution < 1.29 is 9.53 Å². The summed E-state index contributed by atoms with van der Waals surface area (Å²) < 4.78 is 4.60. The summed E-state index contributed by atoms with van der Waals surface area (Å²) in [4.78, 5) is 10.5. The quantitative estimate of drug-likeness (QED) is 0.419. The van der Waals surface area contributed by atoms with E-state index in [-0.39, 0.29) is 19.0 Å². The first-order valence-electron chi connectivity index (χ1n) is 2.68. The molecule has 2 nitrogen and oxygen atoms in total. The van der Waals surface area contributed by atoms with Crippen LogP contribution in [0.4, 0.5) is 0 Å². The van der Waals surface area contributed by atoms with Gasteiger partial charge in [-0.15, -0.1) is 6.58 Å². The zero-order valence-electron chi connectivity index (χ0n) is 5.30. The van der Waals surface area contributed by atoms with Crippen LogP contribution in [0.5, 0.6) is 0 Å². The largest absolute Gasteiger partial charge is 0.461 e. The zero-order valence-corrected chi connectivity index (χ0v) is 5.30. The molecule has 0 aliphatic heterocycles. The number of ether oxygens (including phenoxy) is 1. The predicted molar refractivity (Wildman–Crippen MR) is 36.0 cm³/mol. The van der Waals surface area contributed by atoms with Crippen molar-refractivity contribution in [3.05, 3.63) is 25.3 Å². The van der Waals surface area contributed by atoms with Gasteiger partial charge in [-0.25, -0.2) is 0 Å². The van der Waals surface area contributed by atoms with Crippen LogP contribution in [0.2, 0.25) is 0 Å². The van der Waals surface area contributed by atoms with E-state index in [0.29, 0.717) is 0 Å². The van der Waals surface area contributed by atoms with Crippen molar-refractivity contribution >= 4 is 5.97 Å². The maximum atomic E-state index is 10.5. The van der Waals surface area contributed by atoms with Gasteiger partial charge in [0.1, 0.15) is 6.61 Å². The molecule has 9 heavy (non-hydrogen) atoms.